The predicted octanol–water partition coefficient (Wildman–Crippen LogP) is 4.10. The Kier molecular flexibility index (Phi) is 5.11. The first-order chi connectivity index (χ1) is 13.8. The number of anilines is 1. The van der Waals surface area contributed by atoms with Crippen molar-refractivity contribution >= 4 is 11.6 Å². The Morgan fingerprint density at radius 2 is 1.86 bits per heavy atom. The minimum absolute atomic E-state index is 0.244. The third kappa shape index (κ3) is 4.07. The van der Waals surface area contributed by atoms with Gasteiger partial charge in [-0.05, 0) is 42.0 Å². The molecule has 6 nitrogen and oxygen atoms in total. The number of benzene rings is 2. The molecule has 0 aliphatic heterocycles. The number of rotatable bonds is 6. The molecule has 0 unspecified atom stereocenters. The zero-order valence-electron chi connectivity index (χ0n) is 15.0. The quantitative estimate of drug-likeness (QED) is 0.555. The number of hydrogen-bond donors (Lipinski definition) is 1. The first kappa shape index (κ1) is 17.5. The van der Waals surface area contributed by atoms with Crippen LogP contribution in [-0.4, -0.2) is 20.7 Å². The molecule has 0 fully saturated rings. The van der Waals surface area contributed by atoms with Crippen LogP contribution in [0.3, 0.4) is 0 Å². The minimum atomic E-state index is -0.244. The molecule has 0 saturated carbocycles. The van der Waals surface area contributed by atoms with Crippen molar-refractivity contribution in [2.75, 3.05) is 5.32 Å². The van der Waals surface area contributed by atoms with Crippen LogP contribution in [-0.2, 0) is 6.61 Å². The Hall–Kier alpha value is -3.93. The maximum absolute atomic E-state index is 12.7. The lowest BCUT2D eigenvalue weighted by atomic mass is 10.2. The molecule has 4 rings (SSSR count). The minimum Gasteiger partial charge on any atom is -0.489 e. The molecular formula is C22H18N4O2. The molecule has 2 aromatic heterocycles. The van der Waals surface area contributed by atoms with Gasteiger partial charge in [0.25, 0.3) is 5.91 Å². The molecule has 2 aromatic carbocycles. The van der Waals surface area contributed by atoms with Crippen molar-refractivity contribution in [3.63, 3.8) is 0 Å². The fourth-order valence-electron chi connectivity index (χ4n) is 2.73. The number of pyridine rings is 1. The largest absolute Gasteiger partial charge is 0.489 e. The second-order valence-electron chi connectivity index (χ2n) is 6.08. The third-order valence-electron chi connectivity index (χ3n) is 4.10. The number of aromatic nitrogens is 3. The SMILES string of the molecule is O=C(Nc1cccnc1-n1cccn1)c1cccc(OCc2ccccc2)c1. The van der Waals surface area contributed by atoms with Crippen molar-refractivity contribution in [2.24, 2.45) is 0 Å². The van der Waals surface area contributed by atoms with Gasteiger partial charge in [-0.3, -0.25) is 4.79 Å². The van der Waals surface area contributed by atoms with Gasteiger partial charge in [-0.2, -0.15) is 5.10 Å². The standard InChI is InChI=1S/C22H18N4O2/c27-22(25-20-11-5-12-23-21(20)26-14-6-13-24-26)18-9-4-10-19(15-18)28-16-17-7-2-1-3-8-17/h1-15H,16H2,(H,25,27). The summed E-state index contributed by atoms with van der Waals surface area (Å²) in [6.07, 6.45) is 5.09. The topological polar surface area (TPSA) is 69.0 Å². The smallest absolute Gasteiger partial charge is 0.255 e. The van der Waals surface area contributed by atoms with Gasteiger partial charge in [-0.15, -0.1) is 0 Å². The van der Waals surface area contributed by atoms with E-state index in [0.717, 1.165) is 5.56 Å². The average Bonchev–Trinajstić information content (AvgIpc) is 3.28. The number of ether oxygens (including phenoxy) is 1. The Bertz CT molecular complexity index is 1060. The van der Waals surface area contributed by atoms with Crippen molar-refractivity contribution in [1.82, 2.24) is 14.8 Å². The molecule has 0 bridgehead atoms. The predicted molar refractivity (Wildman–Crippen MR) is 107 cm³/mol. The van der Waals surface area contributed by atoms with E-state index < -0.39 is 0 Å². The molecule has 0 spiro atoms. The molecule has 28 heavy (non-hydrogen) atoms. The van der Waals surface area contributed by atoms with Crippen LogP contribution in [0.4, 0.5) is 5.69 Å². The summed E-state index contributed by atoms with van der Waals surface area (Å²) in [4.78, 5) is 17.0. The van der Waals surface area contributed by atoms with Crippen LogP contribution in [0.25, 0.3) is 5.82 Å². The van der Waals surface area contributed by atoms with E-state index in [9.17, 15) is 4.79 Å². The van der Waals surface area contributed by atoms with E-state index in [1.54, 1.807) is 59.7 Å². The molecule has 6 heteroatoms. The molecule has 1 amide bonds. The molecule has 0 aliphatic carbocycles. The van der Waals surface area contributed by atoms with Crippen molar-refractivity contribution in [3.05, 3.63) is 103 Å². The molecule has 0 atom stereocenters. The van der Waals surface area contributed by atoms with E-state index in [1.165, 1.54) is 0 Å². The molecule has 0 aliphatic rings. The van der Waals surface area contributed by atoms with Crippen molar-refractivity contribution in [2.45, 2.75) is 6.61 Å². The highest BCUT2D eigenvalue weighted by atomic mass is 16.5. The summed E-state index contributed by atoms with van der Waals surface area (Å²) in [7, 11) is 0. The third-order valence-corrected chi connectivity index (χ3v) is 4.10. The zero-order valence-corrected chi connectivity index (χ0v) is 15.0. The Morgan fingerprint density at radius 3 is 2.68 bits per heavy atom. The van der Waals surface area contributed by atoms with Crippen LogP contribution >= 0.6 is 0 Å². The van der Waals surface area contributed by atoms with E-state index in [2.05, 4.69) is 15.4 Å². The van der Waals surface area contributed by atoms with E-state index in [0.29, 0.717) is 29.4 Å². The number of carbonyl (C=O) groups excluding carboxylic acids is 1. The van der Waals surface area contributed by atoms with Crippen LogP contribution < -0.4 is 10.1 Å². The van der Waals surface area contributed by atoms with E-state index in [-0.39, 0.29) is 5.91 Å². The summed E-state index contributed by atoms with van der Waals surface area (Å²) in [6, 6.07) is 22.3. The maximum atomic E-state index is 12.7. The van der Waals surface area contributed by atoms with Gasteiger partial charge in [0, 0.05) is 24.2 Å². The van der Waals surface area contributed by atoms with Crippen LogP contribution in [0.1, 0.15) is 15.9 Å². The highest BCUT2D eigenvalue weighted by Gasteiger charge is 2.12. The second-order valence-corrected chi connectivity index (χ2v) is 6.08. The number of carbonyl (C=O) groups is 1. The molecule has 0 saturated heterocycles. The Balaban J connectivity index is 1.49. The van der Waals surface area contributed by atoms with Gasteiger partial charge in [0.1, 0.15) is 12.4 Å². The van der Waals surface area contributed by atoms with Gasteiger partial charge >= 0.3 is 0 Å². The lowest BCUT2D eigenvalue weighted by molar-refractivity contribution is 0.102. The van der Waals surface area contributed by atoms with Gasteiger partial charge in [0.15, 0.2) is 5.82 Å². The molecule has 0 radical (unpaired) electrons. The van der Waals surface area contributed by atoms with Crippen LogP contribution in [0.2, 0.25) is 0 Å². The van der Waals surface area contributed by atoms with Gasteiger partial charge in [-0.25, -0.2) is 9.67 Å². The molecule has 4 aromatic rings. The normalized spacial score (nSPS) is 10.4. The highest BCUT2D eigenvalue weighted by Crippen LogP contribution is 2.20. The number of amides is 1. The summed E-state index contributed by atoms with van der Waals surface area (Å²) >= 11 is 0. The van der Waals surface area contributed by atoms with Crippen LogP contribution in [0, 0.1) is 0 Å². The Labute approximate surface area is 162 Å². The summed E-state index contributed by atoms with van der Waals surface area (Å²) < 4.78 is 7.42. The number of nitrogens with zero attached hydrogens (tertiary/aromatic N) is 3. The Morgan fingerprint density at radius 1 is 0.964 bits per heavy atom. The average molecular weight is 370 g/mol. The summed E-state index contributed by atoms with van der Waals surface area (Å²) in [5.41, 5.74) is 2.14. The summed E-state index contributed by atoms with van der Waals surface area (Å²) in [5, 5.41) is 7.08. The van der Waals surface area contributed by atoms with Crippen molar-refractivity contribution in [3.8, 4) is 11.6 Å². The van der Waals surface area contributed by atoms with Crippen molar-refractivity contribution in [1.29, 1.82) is 0 Å². The van der Waals surface area contributed by atoms with Gasteiger partial charge in [0.05, 0.1) is 5.69 Å². The van der Waals surface area contributed by atoms with Gasteiger partial charge < -0.3 is 10.1 Å². The van der Waals surface area contributed by atoms with E-state index >= 15 is 0 Å². The summed E-state index contributed by atoms with van der Waals surface area (Å²) in [6.45, 7) is 0.442. The van der Waals surface area contributed by atoms with Gasteiger partial charge in [-0.1, -0.05) is 36.4 Å². The number of nitrogens with one attached hydrogen (secondary N) is 1. The lowest BCUT2D eigenvalue weighted by Gasteiger charge is -2.11. The fourth-order valence-corrected chi connectivity index (χ4v) is 2.73. The monoisotopic (exact) mass is 370 g/mol. The zero-order chi connectivity index (χ0) is 19.2. The van der Waals surface area contributed by atoms with Crippen LogP contribution in [0.15, 0.2) is 91.4 Å². The molecule has 2 heterocycles. The van der Waals surface area contributed by atoms with Crippen LogP contribution in [0.5, 0.6) is 5.75 Å². The van der Waals surface area contributed by atoms with E-state index in [4.69, 9.17) is 4.74 Å². The van der Waals surface area contributed by atoms with Gasteiger partial charge in [0.2, 0.25) is 0 Å². The maximum Gasteiger partial charge on any atom is 0.255 e. The lowest BCUT2D eigenvalue weighted by Crippen LogP contribution is -2.14. The first-order valence-electron chi connectivity index (χ1n) is 8.83. The van der Waals surface area contributed by atoms with E-state index in [1.807, 2.05) is 36.4 Å². The molecule has 138 valence electrons. The highest BCUT2D eigenvalue weighted by molar-refractivity contribution is 6.05. The first-order valence-corrected chi connectivity index (χ1v) is 8.83. The summed E-state index contributed by atoms with van der Waals surface area (Å²) in [5.74, 6) is 0.943. The fraction of sp³-hybridized carbons (Fsp3) is 0.0455. The molecule has 1 N–H and O–H groups in total. The van der Waals surface area contributed by atoms with Crippen molar-refractivity contribution < 1.29 is 9.53 Å². The second kappa shape index (κ2) is 8.18. The number of hydrogen-bond acceptors (Lipinski definition) is 4. The molecular weight excluding hydrogens is 352 g/mol.